The van der Waals surface area contributed by atoms with Gasteiger partial charge in [0, 0.05) is 34.9 Å². The van der Waals surface area contributed by atoms with Crippen LogP contribution < -0.4 is 5.73 Å². The summed E-state index contributed by atoms with van der Waals surface area (Å²) in [4.78, 5) is 2.49. The van der Waals surface area contributed by atoms with Crippen LogP contribution in [0.25, 0.3) is 0 Å². The SMILES string of the molecule is CC1C(N)CCN(CCCS(C)=O)C1C. The number of hydrogen-bond donors (Lipinski definition) is 1. The molecule has 1 heterocycles. The summed E-state index contributed by atoms with van der Waals surface area (Å²) in [6.07, 6.45) is 3.91. The van der Waals surface area contributed by atoms with Crippen molar-refractivity contribution >= 4 is 10.8 Å². The van der Waals surface area contributed by atoms with Gasteiger partial charge in [-0.2, -0.15) is 0 Å². The number of nitrogens with zero attached hydrogens (tertiary/aromatic N) is 1. The maximum atomic E-state index is 11.0. The molecule has 4 heteroatoms. The molecule has 0 aromatic rings. The van der Waals surface area contributed by atoms with Crippen molar-refractivity contribution in [2.75, 3.05) is 25.1 Å². The van der Waals surface area contributed by atoms with Crippen LogP contribution in [0.15, 0.2) is 0 Å². The average Bonchev–Trinajstić information content (AvgIpc) is 2.18. The monoisotopic (exact) mass is 232 g/mol. The third-order valence-corrected chi connectivity index (χ3v) is 4.50. The number of likely N-dealkylation sites (tertiary alicyclic amines) is 1. The molecule has 1 aliphatic rings. The fourth-order valence-electron chi connectivity index (χ4n) is 2.26. The minimum Gasteiger partial charge on any atom is -0.327 e. The predicted octanol–water partition coefficient (Wildman–Crippen LogP) is 0.813. The van der Waals surface area contributed by atoms with Crippen LogP contribution in [0.1, 0.15) is 26.7 Å². The smallest absolute Gasteiger partial charge is 0.0244 e. The van der Waals surface area contributed by atoms with Gasteiger partial charge in [0.1, 0.15) is 0 Å². The lowest BCUT2D eigenvalue weighted by Crippen LogP contribution is -2.51. The molecule has 1 saturated heterocycles. The van der Waals surface area contributed by atoms with Gasteiger partial charge in [-0.05, 0) is 38.8 Å². The zero-order valence-electron chi connectivity index (χ0n) is 10.1. The summed E-state index contributed by atoms with van der Waals surface area (Å²) in [5, 5.41) is 0. The zero-order valence-corrected chi connectivity index (χ0v) is 10.9. The summed E-state index contributed by atoms with van der Waals surface area (Å²) >= 11 is 0. The Kier molecular flexibility index (Phi) is 5.23. The number of hydrogen-bond acceptors (Lipinski definition) is 3. The molecule has 0 saturated carbocycles. The van der Waals surface area contributed by atoms with E-state index in [4.69, 9.17) is 5.73 Å². The second-order valence-corrected chi connectivity index (χ2v) is 6.27. The molecule has 0 spiro atoms. The minimum atomic E-state index is -0.648. The van der Waals surface area contributed by atoms with Gasteiger partial charge >= 0.3 is 0 Å². The Bertz CT molecular complexity index is 223. The highest BCUT2D eigenvalue weighted by Gasteiger charge is 2.29. The van der Waals surface area contributed by atoms with E-state index >= 15 is 0 Å². The van der Waals surface area contributed by atoms with E-state index in [1.165, 1.54) is 0 Å². The lowest BCUT2D eigenvalue weighted by atomic mass is 9.87. The maximum absolute atomic E-state index is 11.0. The van der Waals surface area contributed by atoms with E-state index in [2.05, 4.69) is 18.7 Å². The lowest BCUT2D eigenvalue weighted by molar-refractivity contribution is 0.0984. The molecule has 3 nitrogen and oxygen atoms in total. The van der Waals surface area contributed by atoms with Crippen molar-refractivity contribution in [3.63, 3.8) is 0 Å². The summed E-state index contributed by atoms with van der Waals surface area (Å²) in [5.41, 5.74) is 6.03. The van der Waals surface area contributed by atoms with Crippen LogP contribution in [0.2, 0.25) is 0 Å². The number of piperidine rings is 1. The summed E-state index contributed by atoms with van der Waals surface area (Å²) in [6.45, 7) is 6.66. The summed E-state index contributed by atoms with van der Waals surface area (Å²) in [7, 11) is -0.648. The second kappa shape index (κ2) is 5.97. The van der Waals surface area contributed by atoms with Crippen molar-refractivity contribution in [1.29, 1.82) is 0 Å². The molecule has 4 unspecified atom stereocenters. The van der Waals surface area contributed by atoms with Crippen molar-refractivity contribution in [2.45, 2.75) is 38.8 Å². The third kappa shape index (κ3) is 3.85. The van der Waals surface area contributed by atoms with Gasteiger partial charge in [-0.25, -0.2) is 0 Å². The fraction of sp³-hybridized carbons (Fsp3) is 1.00. The molecule has 1 aliphatic heterocycles. The minimum absolute atomic E-state index is 0.358. The number of nitrogens with two attached hydrogens (primary N) is 1. The molecular formula is C11H24N2OS. The standard InChI is InChI=1S/C11H24N2OS/c1-9-10(2)13(7-5-11(9)12)6-4-8-15(3)14/h9-11H,4-8,12H2,1-3H3. The van der Waals surface area contributed by atoms with Crippen LogP contribution in [-0.2, 0) is 10.8 Å². The van der Waals surface area contributed by atoms with E-state index in [0.717, 1.165) is 31.7 Å². The Morgan fingerprint density at radius 2 is 2.13 bits per heavy atom. The van der Waals surface area contributed by atoms with Gasteiger partial charge < -0.3 is 10.6 Å². The molecule has 1 rings (SSSR count). The van der Waals surface area contributed by atoms with Gasteiger partial charge in [-0.3, -0.25) is 4.21 Å². The van der Waals surface area contributed by atoms with E-state index in [0.29, 0.717) is 18.0 Å². The topological polar surface area (TPSA) is 46.3 Å². The Balaban J connectivity index is 2.32. The number of rotatable bonds is 4. The molecule has 90 valence electrons. The summed E-state index contributed by atoms with van der Waals surface area (Å²) < 4.78 is 11.0. The molecule has 0 aromatic heterocycles. The zero-order chi connectivity index (χ0) is 11.4. The van der Waals surface area contributed by atoms with Crippen molar-refractivity contribution in [2.24, 2.45) is 11.7 Å². The fourth-order valence-corrected chi connectivity index (χ4v) is 2.79. The van der Waals surface area contributed by atoms with Crippen LogP contribution in [0.5, 0.6) is 0 Å². The van der Waals surface area contributed by atoms with Crippen molar-refractivity contribution in [3.8, 4) is 0 Å². The molecule has 0 bridgehead atoms. The average molecular weight is 232 g/mol. The molecule has 15 heavy (non-hydrogen) atoms. The first kappa shape index (κ1) is 13.1. The first-order chi connectivity index (χ1) is 7.02. The van der Waals surface area contributed by atoms with Crippen molar-refractivity contribution < 1.29 is 4.21 Å². The third-order valence-electron chi connectivity index (χ3n) is 3.64. The molecule has 0 radical (unpaired) electrons. The van der Waals surface area contributed by atoms with E-state index in [1.54, 1.807) is 6.26 Å². The van der Waals surface area contributed by atoms with Gasteiger partial charge in [0.25, 0.3) is 0 Å². The van der Waals surface area contributed by atoms with Crippen LogP contribution >= 0.6 is 0 Å². The molecule has 0 aliphatic carbocycles. The van der Waals surface area contributed by atoms with Crippen LogP contribution in [-0.4, -0.2) is 46.3 Å². The van der Waals surface area contributed by atoms with Gasteiger partial charge in [-0.15, -0.1) is 0 Å². The quantitative estimate of drug-likeness (QED) is 0.780. The normalized spacial score (nSPS) is 35.3. The highest BCUT2D eigenvalue weighted by atomic mass is 32.2. The Morgan fingerprint density at radius 3 is 2.73 bits per heavy atom. The summed E-state index contributed by atoms with van der Waals surface area (Å²) in [6, 6.07) is 0.926. The van der Waals surface area contributed by atoms with E-state index in [1.807, 2.05) is 0 Å². The largest absolute Gasteiger partial charge is 0.327 e. The Hall–Kier alpha value is 0.0700. The van der Waals surface area contributed by atoms with Crippen LogP contribution in [0.4, 0.5) is 0 Å². The first-order valence-corrected chi connectivity index (χ1v) is 7.54. The van der Waals surface area contributed by atoms with Crippen molar-refractivity contribution in [3.05, 3.63) is 0 Å². The molecule has 1 fully saturated rings. The van der Waals surface area contributed by atoms with Gasteiger partial charge in [0.2, 0.25) is 0 Å². The van der Waals surface area contributed by atoms with E-state index in [-0.39, 0.29) is 0 Å². The van der Waals surface area contributed by atoms with Gasteiger partial charge in [0.15, 0.2) is 0 Å². The second-order valence-electron chi connectivity index (χ2n) is 4.72. The molecule has 4 atom stereocenters. The Labute approximate surface area is 95.9 Å². The highest BCUT2D eigenvalue weighted by Crippen LogP contribution is 2.22. The molecule has 0 aromatic carbocycles. The van der Waals surface area contributed by atoms with Gasteiger partial charge in [-0.1, -0.05) is 6.92 Å². The molecule has 0 amide bonds. The van der Waals surface area contributed by atoms with Crippen LogP contribution in [0.3, 0.4) is 0 Å². The summed E-state index contributed by atoms with van der Waals surface area (Å²) in [5.74, 6) is 1.40. The predicted molar refractivity (Wildman–Crippen MR) is 66.3 cm³/mol. The lowest BCUT2D eigenvalue weighted by Gasteiger charge is -2.41. The van der Waals surface area contributed by atoms with E-state index < -0.39 is 10.8 Å². The Morgan fingerprint density at radius 1 is 1.47 bits per heavy atom. The first-order valence-electron chi connectivity index (χ1n) is 5.82. The molecular weight excluding hydrogens is 208 g/mol. The highest BCUT2D eigenvalue weighted by molar-refractivity contribution is 7.84. The maximum Gasteiger partial charge on any atom is 0.0244 e. The van der Waals surface area contributed by atoms with E-state index in [9.17, 15) is 4.21 Å². The molecule has 2 N–H and O–H groups in total. The van der Waals surface area contributed by atoms with Crippen molar-refractivity contribution in [1.82, 2.24) is 4.90 Å². The van der Waals surface area contributed by atoms with Crippen LogP contribution in [0, 0.1) is 5.92 Å². The van der Waals surface area contributed by atoms with Gasteiger partial charge in [0.05, 0.1) is 0 Å².